The van der Waals surface area contributed by atoms with Crippen molar-refractivity contribution in [2.45, 2.75) is 20.4 Å². The van der Waals surface area contributed by atoms with E-state index in [1.165, 1.54) is 5.56 Å². The van der Waals surface area contributed by atoms with Crippen LogP contribution >= 0.6 is 15.9 Å². The number of hydrogen-bond acceptors (Lipinski definition) is 2. The molecule has 0 aromatic heterocycles. The second kappa shape index (κ2) is 6.90. The van der Waals surface area contributed by atoms with Gasteiger partial charge in [0.05, 0.1) is 5.92 Å². The van der Waals surface area contributed by atoms with Gasteiger partial charge in [0.25, 0.3) is 0 Å². The third kappa shape index (κ3) is 4.42. The van der Waals surface area contributed by atoms with Gasteiger partial charge in [0, 0.05) is 17.6 Å². The first kappa shape index (κ1) is 15.2. The molecule has 0 fully saturated rings. The quantitative estimate of drug-likeness (QED) is 0.876. The molecule has 0 bridgehead atoms. The van der Waals surface area contributed by atoms with Crippen molar-refractivity contribution in [3.8, 4) is 0 Å². The summed E-state index contributed by atoms with van der Waals surface area (Å²) in [5.41, 5.74) is 1.17. The number of halogens is 1. The second-order valence-electron chi connectivity index (χ2n) is 4.98. The molecule has 100 valence electrons. The van der Waals surface area contributed by atoms with Gasteiger partial charge >= 0.3 is 5.97 Å². The van der Waals surface area contributed by atoms with Gasteiger partial charge < -0.3 is 10.0 Å². The van der Waals surface area contributed by atoms with E-state index in [2.05, 4.69) is 20.8 Å². The van der Waals surface area contributed by atoms with Crippen LogP contribution in [0.4, 0.5) is 0 Å². The Bertz CT molecular complexity index is 407. The lowest BCUT2D eigenvalue weighted by Gasteiger charge is -2.24. The van der Waals surface area contributed by atoms with Crippen LogP contribution < -0.4 is 0 Å². The molecule has 0 spiro atoms. The summed E-state index contributed by atoms with van der Waals surface area (Å²) < 4.78 is 1.06. The molecule has 1 atom stereocenters. The number of aliphatic carboxylic acids is 1. The largest absolute Gasteiger partial charge is 0.481 e. The highest BCUT2D eigenvalue weighted by atomic mass is 79.9. The fourth-order valence-corrected chi connectivity index (χ4v) is 2.30. The predicted octanol–water partition coefficient (Wildman–Crippen LogP) is 3.24. The summed E-state index contributed by atoms with van der Waals surface area (Å²) in [4.78, 5) is 13.2. The van der Waals surface area contributed by atoms with Gasteiger partial charge in [0.1, 0.15) is 0 Å². The lowest BCUT2D eigenvalue weighted by molar-refractivity contribution is -0.144. The molecule has 0 amide bonds. The number of carboxylic acids is 1. The first-order chi connectivity index (χ1) is 8.41. The van der Waals surface area contributed by atoms with Crippen molar-refractivity contribution in [2.75, 3.05) is 13.6 Å². The van der Waals surface area contributed by atoms with Gasteiger partial charge in [0.15, 0.2) is 0 Å². The summed E-state index contributed by atoms with van der Waals surface area (Å²) in [5, 5.41) is 9.18. The monoisotopic (exact) mass is 313 g/mol. The zero-order valence-corrected chi connectivity index (χ0v) is 12.6. The number of hydrogen-bond donors (Lipinski definition) is 1. The van der Waals surface area contributed by atoms with Crippen molar-refractivity contribution >= 4 is 21.9 Å². The molecule has 18 heavy (non-hydrogen) atoms. The van der Waals surface area contributed by atoms with E-state index in [0.29, 0.717) is 6.54 Å². The molecule has 1 N–H and O–H groups in total. The van der Waals surface area contributed by atoms with E-state index in [1.54, 1.807) is 0 Å². The molecule has 1 unspecified atom stereocenters. The van der Waals surface area contributed by atoms with Crippen molar-refractivity contribution in [1.82, 2.24) is 4.90 Å². The van der Waals surface area contributed by atoms with E-state index >= 15 is 0 Å². The van der Waals surface area contributed by atoms with Crippen molar-refractivity contribution in [3.05, 3.63) is 34.3 Å². The van der Waals surface area contributed by atoms with Gasteiger partial charge in [-0.05, 0) is 24.6 Å². The van der Waals surface area contributed by atoms with Crippen LogP contribution in [0.25, 0.3) is 0 Å². The van der Waals surface area contributed by atoms with E-state index in [4.69, 9.17) is 0 Å². The molecule has 4 heteroatoms. The zero-order valence-electron chi connectivity index (χ0n) is 11.1. The van der Waals surface area contributed by atoms with Gasteiger partial charge in [0.2, 0.25) is 0 Å². The Morgan fingerprint density at radius 2 is 2.00 bits per heavy atom. The van der Waals surface area contributed by atoms with Gasteiger partial charge in [-0.15, -0.1) is 0 Å². The first-order valence-electron chi connectivity index (χ1n) is 6.06. The molecule has 1 aromatic rings. The average Bonchev–Trinajstić information content (AvgIpc) is 2.28. The maximum absolute atomic E-state index is 11.2. The summed E-state index contributed by atoms with van der Waals surface area (Å²) >= 11 is 3.51. The summed E-state index contributed by atoms with van der Waals surface area (Å²) in [5.74, 6) is -0.898. The molecular weight excluding hydrogens is 294 g/mol. The molecular formula is C14H20BrNO2. The van der Waals surface area contributed by atoms with E-state index in [1.807, 2.05) is 45.2 Å². The Labute approximate surface area is 117 Å². The van der Waals surface area contributed by atoms with Crippen molar-refractivity contribution < 1.29 is 9.90 Å². The Kier molecular flexibility index (Phi) is 5.82. The van der Waals surface area contributed by atoms with Crippen LogP contribution in [0.2, 0.25) is 0 Å². The van der Waals surface area contributed by atoms with E-state index in [9.17, 15) is 9.90 Å². The Hall–Kier alpha value is -0.870. The van der Waals surface area contributed by atoms with Crippen LogP contribution in [0.3, 0.4) is 0 Å². The van der Waals surface area contributed by atoms with Crippen LogP contribution in [-0.2, 0) is 11.3 Å². The first-order valence-corrected chi connectivity index (χ1v) is 6.86. The van der Waals surface area contributed by atoms with Crippen LogP contribution in [0.15, 0.2) is 28.7 Å². The minimum atomic E-state index is -0.719. The maximum Gasteiger partial charge on any atom is 0.308 e. The average molecular weight is 314 g/mol. The molecule has 1 rings (SSSR count). The fourth-order valence-electron chi connectivity index (χ4n) is 1.89. The number of nitrogens with zero attached hydrogens (tertiary/aromatic N) is 1. The molecule has 0 saturated heterocycles. The van der Waals surface area contributed by atoms with Gasteiger partial charge in [-0.3, -0.25) is 4.79 Å². The highest BCUT2D eigenvalue weighted by Crippen LogP contribution is 2.19. The number of benzene rings is 1. The van der Waals surface area contributed by atoms with Gasteiger partial charge in [-0.2, -0.15) is 0 Å². The number of carbonyl (C=O) groups is 1. The minimum absolute atomic E-state index is 0.143. The lowest BCUT2D eigenvalue weighted by Crippen LogP contribution is -2.33. The van der Waals surface area contributed by atoms with Crippen molar-refractivity contribution in [3.63, 3.8) is 0 Å². The van der Waals surface area contributed by atoms with Crippen molar-refractivity contribution in [2.24, 2.45) is 11.8 Å². The Morgan fingerprint density at radius 3 is 2.50 bits per heavy atom. The van der Waals surface area contributed by atoms with Gasteiger partial charge in [-0.25, -0.2) is 0 Å². The van der Waals surface area contributed by atoms with E-state index in [-0.39, 0.29) is 11.8 Å². The van der Waals surface area contributed by atoms with Crippen LogP contribution in [-0.4, -0.2) is 29.6 Å². The fraction of sp³-hybridized carbons (Fsp3) is 0.500. The summed E-state index contributed by atoms with van der Waals surface area (Å²) in [6.07, 6.45) is 0. The van der Waals surface area contributed by atoms with Gasteiger partial charge in [-0.1, -0.05) is 48.0 Å². The zero-order chi connectivity index (χ0) is 13.7. The van der Waals surface area contributed by atoms with E-state index in [0.717, 1.165) is 11.0 Å². The molecule has 0 radical (unpaired) electrons. The summed E-state index contributed by atoms with van der Waals surface area (Å²) in [7, 11) is 1.96. The highest BCUT2D eigenvalue weighted by Gasteiger charge is 2.23. The number of rotatable bonds is 6. The molecule has 0 aliphatic carbocycles. The van der Waals surface area contributed by atoms with Crippen LogP contribution in [0, 0.1) is 11.8 Å². The molecule has 3 nitrogen and oxygen atoms in total. The standard InChI is InChI=1S/C14H20BrNO2/c1-10(2)12(14(17)18)9-16(3)8-11-6-4-5-7-13(11)15/h4-7,10,12H,8-9H2,1-3H3,(H,17,18). The second-order valence-corrected chi connectivity index (χ2v) is 5.83. The Morgan fingerprint density at radius 1 is 1.39 bits per heavy atom. The van der Waals surface area contributed by atoms with E-state index < -0.39 is 5.97 Å². The summed E-state index contributed by atoms with van der Waals surface area (Å²) in [6, 6.07) is 8.01. The highest BCUT2D eigenvalue weighted by molar-refractivity contribution is 9.10. The SMILES string of the molecule is CC(C)C(CN(C)Cc1ccccc1Br)C(=O)O. The van der Waals surface area contributed by atoms with Crippen LogP contribution in [0.1, 0.15) is 19.4 Å². The molecule has 0 aliphatic heterocycles. The topological polar surface area (TPSA) is 40.5 Å². The minimum Gasteiger partial charge on any atom is -0.481 e. The predicted molar refractivity (Wildman–Crippen MR) is 76.4 cm³/mol. The maximum atomic E-state index is 11.2. The molecule has 0 heterocycles. The molecule has 0 saturated carbocycles. The Balaban J connectivity index is 2.63. The molecule has 1 aromatic carbocycles. The lowest BCUT2D eigenvalue weighted by atomic mass is 9.95. The smallest absolute Gasteiger partial charge is 0.308 e. The number of carboxylic acid groups (broad SMARTS) is 1. The normalized spacial score (nSPS) is 13.0. The third-order valence-corrected chi connectivity index (χ3v) is 3.80. The summed E-state index contributed by atoms with van der Waals surface area (Å²) in [6.45, 7) is 5.21. The molecule has 0 aliphatic rings. The van der Waals surface area contributed by atoms with Crippen LogP contribution in [0.5, 0.6) is 0 Å². The third-order valence-electron chi connectivity index (χ3n) is 3.03. The van der Waals surface area contributed by atoms with Crippen molar-refractivity contribution in [1.29, 1.82) is 0 Å².